The summed E-state index contributed by atoms with van der Waals surface area (Å²) in [6.07, 6.45) is -3.40. The van der Waals surface area contributed by atoms with Gasteiger partial charge in [0.15, 0.2) is 11.5 Å². The van der Waals surface area contributed by atoms with Gasteiger partial charge in [0.05, 0.1) is 18.1 Å². The van der Waals surface area contributed by atoms with Crippen LogP contribution in [0.2, 0.25) is 0 Å². The average molecular weight is 419 g/mol. The highest BCUT2D eigenvalue weighted by molar-refractivity contribution is 8.14. The van der Waals surface area contributed by atoms with E-state index in [0.29, 0.717) is 24.2 Å². The Morgan fingerprint density at radius 2 is 2.00 bits per heavy atom. The lowest BCUT2D eigenvalue weighted by Crippen LogP contribution is -2.36. The molecule has 1 atom stereocenters. The lowest BCUT2D eigenvalue weighted by atomic mass is 10.0. The molecule has 0 bridgehead atoms. The minimum Gasteiger partial charge on any atom is -0.493 e. The van der Waals surface area contributed by atoms with Crippen LogP contribution >= 0.6 is 11.8 Å². The van der Waals surface area contributed by atoms with Crippen LogP contribution in [-0.2, 0) is 0 Å². The summed E-state index contributed by atoms with van der Waals surface area (Å²) < 4.78 is 46.7. The van der Waals surface area contributed by atoms with Gasteiger partial charge in [-0.2, -0.15) is 5.10 Å². The number of nitrogens with zero attached hydrogens (tertiary/aromatic N) is 3. The van der Waals surface area contributed by atoms with E-state index in [-0.39, 0.29) is 16.2 Å². The second-order valence-electron chi connectivity index (χ2n) is 6.46. The van der Waals surface area contributed by atoms with Crippen LogP contribution in [0.15, 0.2) is 23.3 Å². The number of thioether (sulfide) groups is 1. The molecule has 1 amide bonds. The first kappa shape index (κ1) is 22.4. The standard InChI is InChI=1S/C18H24F3N3O3S/c1-5-15-16(22-24(17(25)28-15)10-6-9-23(2)3)12-7-8-13(14(11-12)26-4)27-18(19,20)21/h7-8,11,15H,5-6,9-10H2,1-4H3. The Balaban J connectivity index is 2.31. The molecular weight excluding hydrogens is 395 g/mol. The molecular formula is C18H24F3N3O3S. The molecule has 2 rings (SSSR count). The molecule has 6 nitrogen and oxygen atoms in total. The van der Waals surface area contributed by atoms with Gasteiger partial charge in [-0.15, -0.1) is 13.2 Å². The highest BCUT2D eigenvalue weighted by Crippen LogP contribution is 2.35. The molecule has 1 heterocycles. The topological polar surface area (TPSA) is 54.4 Å². The Morgan fingerprint density at radius 3 is 2.57 bits per heavy atom. The van der Waals surface area contributed by atoms with Crippen LogP contribution < -0.4 is 9.47 Å². The van der Waals surface area contributed by atoms with Crippen molar-refractivity contribution in [3.8, 4) is 11.5 Å². The number of hydrogen-bond donors (Lipinski definition) is 0. The smallest absolute Gasteiger partial charge is 0.493 e. The predicted octanol–water partition coefficient (Wildman–Crippen LogP) is 4.20. The Morgan fingerprint density at radius 1 is 1.29 bits per heavy atom. The first-order valence-electron chi connectivity index (χ1n) is 8.80. The van der Waals surface area contributed by atoms with E-state index < -0.39 is 12.1 Å². The molecule has 156 valence electrons. The largest absolute Gasteiger partial charge is 0.573 e. The Bertz CT molecular complexity index is 726. The van der Waals surface area contributed by atoms with Gasteiger partial charge >= 0.3 is 11.6 Å². The van der Waals surface area contributed by atoms with Crippen molar-refractivity contribution < 1.29 is 27.4 Å². The molecule has 0 spiro atoms. The predicted molar refractivity (Wildman–Crippen MR) is 103 cm³/mol. The van der Waals surface area contributed by atoms with Crippen molar-refractivity contribution in [2.75, 3.05) is 34.3 Å². The Labute approximate surface area is 166 Å². The summed E-state index contributed by atoms with van der Waals surface area (Å²) in [5.41, 5.74) is 1.23. The molecule has 1 aromatic carbocycles. The van der Waals surface area contributed by atoms with Crippen LogP contribution in [0.5, 0.6) is 11.5 Å². The van der Waals surface area contributed by atoms with Crippen LogP contribution in [0.3, 0.4) is 0 Å². The van der Waals surface area contributed by atoms with Gasteiger partial charge in [0.2, 0.25) is 0 Å². The van der Waals surface area contributed by atoms with Crippen LogP contribution in [0.4, 0.5) is 18.0 Å². The fourth-order valence-electron chi connectivity index (χ4n) is 2.71. The summed E-state index contributed by atoms with van der Waals surface area (Å²) in [5, 5.41) is 5.61. The van der Waals surface area contributed by atoms with Crippen molar-refractivity contribution in [3.05, 3.63) is 23.8 Å². The third-order valence-electron chi connectivity index (χ3n) is 4.02. The van der Waals surface area contributed by atoms with Crippen molar-refractivity contribution in [2.45, 2.75) is 31.4 Å². The summed E-state index contributed by atoms with van der Waals surface area (Å²) in [6, 6.07) is 4.16. The third-order valence-corrected chi connectivity index (χ3v) is 5.27. The monoisotopic (exact) mass is 419 g/mol. The van der Waals surface area contributed by atoms with E-state index >= 15 is 0 Å². The highest BCUT2D eigenvalue weighted by Gasteiger charge is 2.34. The van der Waals surface area contributed by atoms with Gasteiger partial charge in [0, 0.05) is 12.1 Å². The van der Waals surface area contributed by atoms with Crippen molar-refractivity contribution in [1.82, 2.24) is 9.91 Å². The molecule has 0 saturated heterocycles. The van der Waals surface area contributed by atoms with Crippen LogP contribution in [0, 0.1) is 0 Å². The number of carbonyl (C=O) groups excluding carboxylic acids is 1. The summed E-state index contributed by atoms with van der Waals surface area (Å²) >= 11 is 1.17. The molecule has 1 aliphatic rings. The number of methoxy groups -OCH3 is 1. The molecule has 10 heteroatoms. The van der Waals surface area contributed by atoms with Gasteiger partial charge in [0.1, 0.15) is 0 Å². The maximum Gasteiger partial charge on any atom is 0.573 e. The second-order valence-corrected chi connectivity index (χ2v) is 7.61. The van der Waals surface area contributed by atoms with Crippen molar-refractivity contribution in [1.29, 1.82) is 0 Å². The second kappa shape index (κ2) is 9.51. The highest BCUT2D eigenvalue weighted by atomic mass is 32.2. The number of rotatable bonds is 8. The fourth-order valence-corrected chi connectivity index (χ4v) is 3.67. The number of carbonyl (C=O) groups is 1. The summed E-state index contributed by atoms with van der Waals surface area (Å²) in [7, 11) is 5.17. The number of ether oxygens (including phenoxy) is 2. The molecule has 0 fully saturated rings. The third kappa shape index (κ3) is 6.03. The zero-order valence-electron chi connectivity index (χ0n) is 16.2. The number of halogens is 3. The lowest BCUT2D eigenvalue weighted by Gasteiger charge is -2.29. The molecule has 1 unspecified atom stereocenters. The van der Waals surface area contributed by atoms with Gasteiger partial charge < -0.3 is 14.4 Å². The van der Waals surface area contributed by atoms with Crippen LogP contribution in [-0.4, -0.2) is 66.8 Å². The quantitative estimate of drug-likeness (QED) is 0.632. The number of amides is 1. The van der Waals surface area contributed by atoms with E-state index in [9.17, 15) is 18.0 Å². The molecule has 0 saturated carbocycles. The van der Waals surface area contributed by atoms with Crippen molar-refractivity contribution in [2.24, 2.45) is 5.10 Å². The minimum atomic E-state index is -4.81. The minimum absolute atomic E-state index is 0.0477. The molecule has 0 radical (unpaired) electrons. The Kier molecular flexibility index (Phi) is 7.59. The van der Waals surface area contributed by atoms with Gasteiger partial charge in [-0.25, -0.2) is 5.01 Å². The van der Waals surface area contributed by atoms with Gasteiger partial charge in [-0.1, -0.05) is 18.7 Å². The molecule has 1 aromatic rings. The zero-order chi connectivity index (χ0) is 20.9. The molecule has 0 N–H and O–H groups in total. The lowest BCUT2D eigenvalue weighted by molar-refractivity contribution is -0.275. The van der Waals surface area contributed by atoms with E-state index in [1.165, 1.54) is 42.1 Å². The van der Waals surface area contributed by atoms with Gasteiger partial charge in [-0.3, -0.25) is 4.79 Å². The van der Waals surface area contributed by atoms with Crippen LogP contribution in [0.25, 0.3) is 0 Å². The fraction of sp³-hybridized carbons (Fsp3) is 0.556. The zero-order valence-corrected chi connectivity index (χ0v) is 17.1. The molecule has 28 heavy (non-hydrogen) atoms. The summed E-state index contributed by atoms with van der Waals surface area (Å²) in [4.78, 5) is 14.4. The normalized spacial score (nSPS) is 17.7. The van der Waals surface area contributed by atoms with Crippen molar-refractivity contribution >= 4 is 22.7 Å². The number of alkyl halides is 3. The number of benzene rings is 1. The number of hydrogen-bond acceptors (Lipinski definition) is 6. The van der Waals surface area contributed by atoms with Gasteiger partial charge in [0.25, 0.3) is 0 Å². The van der Waals surface area contributed by atoms with Gasteiger partial charge in [-0.05, 0) is 51.7 Å². The van der Waals surface area contributed by atoms with Crippen LogP contribution in [0.1, 0.15) is 25.3 Å². The maximum atomic E-state index is 12.5. The van der Waals surface area contributed by atoms with E-state index in [4.69, 9.17) is 4.74 Å². The molecule has 0 aliphatic carbocycles. The molecule has 1 aliphatic heterocycles. The SMILES string of the molecule is CCC1SC(=O)N(CCCN(C)C)N=C1c1ccc(OC(F)(F)F)c(OC)c1. The molecule has 0 aromatic heterocycles. The van der Waals surface area contributed by atoms with E-state index in [1.807, 2.05) is 25.9 Å². The van der Waals surface area contributed by atoms with E-state index in [2.05, 4.69) is 9.84 Å². The van der Waals surface area contributed by atoms with Crippen molar-refractivity contribution in [3.63, 3.8) is 0 Å². The van der Waals surface area contributed by atoms with E-state index in [0.717, 1.165) is 13.0 Å². The first-order valence-corrected chi connectivity index (χ1v) is 9.68. The number of hydrazone groups is 1. The average Bonchev–Trinajstić information content (AvgIpc) is 2.61. The first-order chi connectivity index (χ1) is 13.1. The summed E-state index contributed by atoms with van der Waals surface area (Å²) in [6.45, 7) is 3.21. The maximum absolute atomic E-state index is 12.5. The van der Waals surface area contributed by atoms with E-state index in [1.54, 1.807) is 0 Å². The summed E-state index contributed by atoms with van der Waals surface area (Å²) in [5.74, 6) is -0.469. The Hall–Kier alpha value is -1.94.